The zero-order chi connectivity index (χ0) is 33.3. The third-order valence-electron chi connectivity index (χ3n) is 6.92. The highest BCUT2D eigenvalue weighted by Gasteiger charge is 2.31. The first-order chi connectivity index (χ1) is 22.5. The molecular weight excluding hydrogens is 629 g/mol. The molecule has 0 aliphatic rings. The van der Waals surface area contributed by atoms with E-state index < -0.39 is 29.7 Å². The number of nitrogens with one attached hydrogen (secondary N) is 3. The zero-order valence-corrected chi connectivity index (χ0v) is 23.9. The minimum Gasteiger partial charge on any atom is -0.491 e. The van der Waals surface area contributed by atoms with Gasteiger partial charge < -0.3 is 14.6 Å². The minimum absolute atomic E-state index is 0.0204. The van der Waals surface area contributed by atoms with E-state index >= 15 is 0 Å². The third kappa shape index (κ3) is 6.28. The Labute approximate surface area is 260 Å². The smallest absolute Gasteiger partial charge is 0.491 e. The van der Waals surface area contributed by atoms with Gasteiger partial charge in [0.1, 0.15) is 17.8 Å². The molecule has 0 bridgehead atoms. The van der Waals surface area contributed by atoms with E-state index in [0.717, 1.165) is 29.6 Å². The van der Waals surface area contributed by atoms with Crippen LogP contribution in [0.5, 0.6) is 11.5 Å². The van der Waals surface area contributed by atoms with Gasteiger partial charge in [-0.3, -0.25) is 15.3 Å². The van der Waals surface area contributed by atoms with Crippen LogP contribution in [0.15, 0.2) is 79.1 Å². The van der Waals surface area contributed by atoms with Gasteiger partial charge in [-0.1, -0.05) is 0 Å². The van der Waals surface area contributed by atoms with Crippen molar-refractivity contribution in [1.82, 2.24) is 35.6 Å². The molecule has 0 atom stereocenters. The first-order valence-electron chi connectivity index (χ1n) is 13.5. The molecule has 3 aromatic heterocycles. The zero-order valence-electron chi connectivity index (χ0n) is 23.9. The first kappa shape index (κ1) is 30.7. The Hall–Kier alpha value is -6.32. The summed E-state index contributed by atoms with van der Waals surface area (Å²) in [5, 5.41) is 30.8. The first-order valence-corrected chi connectivity index (χ1v) is 13.5. The Morgan fingerprint density at radius 1 is 0.809 bits per heavy atom. The van der Waals surface area contributed by atoms with E-state index in [4.69, 9.17) is 9.84 Å². The number of carboxylic acids is 1. The van der Waals surface area contributed by atoms with Gasteiger partial charge >= 0.3 is 12.3 Å². The lowest BCUT2D eigenvalue weighted by Crippen LogP contribution is -2.16. The fourth-order valence-electron chi connectivity index (χ4n) is 4.79. The second-order valence-electron chi connectivity index (χ2n) is 9.81. The van der Waals surface area contributed by atoms with E-state index in [1.54, 1.807) is 0 Å². The van der Waals surface area contributed by atoms with E-state index in [9.17, 15) is 26.7 Å². The number of hydrogen-bond donors (Lipinski definition) is 4. The summed E-state index contributed by atoms with van der Waals surface area (Å²) in [5.74, 6) is -3.07. The lowest BCUT2D eigenvalue weighted by atomic mass is 10.0. The summed E-state index contributed by atoms with van der Waals surface area (Å²) in [5.41, 5.74) is 3.67. The van der Waals surface area contributed by atoms with Gasteiger partial charge in [0.05, 0.1) is 29.4 Å². The van der Waals surface area contributed by atoms with E-state index in [2.05, 4.69) is 40.3 Å². The van der Waals surface area contributed by atoms with Gasteiger partial charge in [-0.2, -0.15) is 15.3 Å². The molecular formula is C31H20F5N7O4. The van der Waals surface area contributed by atoms with Gasteiger partial charge in [-0.05, 0) is 72.8 Å². The molecule has 0 aliphatic heterocycles. The molecule has 0 saturated carbocycles. The Kier molecular flexibility index (Phi) is 7.99. The predicted octanol–water partition coefficient (Wildman–Crippen LogP) is 7.13. The van der Waals surface area contributed by atoms with Crippen molar-refractivity contribution in [2.75, 3.05) is 7.11 Å². The summed E-state index contributed by atoms with van der Waals surface area (Å²) in [6.07, 6.45) is -3.23. The summed E-state index contributed by atoms with van der Waals surface area (Å²) in [6.45, 7) is 0. The average molecular weight is 650 g/mol. The highest BCUT2D eigenvalue weighted by atomic mass is 19.4. The van der Waals surface area contributed by atoms with Crippen LogP contribution in [0.1, 0.15) is 10.4 Å². The Bertz CT molecular complexity index is 2210. The number of nitrogens with zero attached hydrogens (tertiary/aromatic N) is 4. The van der Waals surface area contributed by atoms with Crippen molar-refractivity contribution < 1.29 is 41.3 Å². The number of ether oxygens (including phenoxy) is 2. The van der Waals surface area contributed by atoms with Crippen LogP contribution in [0.3, 0.4) is 0 Å². The Morgan fingerprint density at radius 2 is 1.47 bits per heavy atom. The predicted molar refractivity (Wildman–Crippen MR) is 159 cm³/mol. The van der Waals surface area contributed by atoms with Crippen LogP contribution in [-0.2, 0) is 0 Å². The van der Waals surface area contributed by atoms with Crippen LogP contribution in [0.2, 0.25) is 0 Å². The van der Waals surface area contributed by atoms with E-state index in [1.165, 1.54) is 54.9 Å². The van der Waals surface area contributed by atoms with Gasteiger partial charge in [0.25, 0.3) is 0 Å². The number of fused-ring (bicyclic) bond motifs is 2. The number of halogens is 5. The largest absolute Gasteiger partial charge is 0.573 e. The Morgan fingerprint density at radius 3 is 2.11 bits per heavy atom. The number of aromatic nitrogens is 7. The SMILES string of the molecule is COc1c(F)ccc(-c2n[nH]c3ccc(C(=O)O)cc23)c1F.FC(F)(F)Oc1ccc(-c2n[nH]c3ccc(-c4nc[nH]n4)cc23)cc1. The van der Waals surface area contributed by atoms with Crippen molar-refractivity contribution in [3.63, 3.8) is 0 Å². The van der Waals surface area contributed by atoms with Crippen molar-refractivity contribution in [3.8, 4) is 45.4 Å². The van der Waals surface area contributed by atoms with Crippen molar-refractivity contribution in [2.24, 2.45) is 0 Å². The van der Waals surface area contributed by atoms with E-state index in [1.807, 2.05) is 18.2 Å². The summed E-state index contributed by atoms with van der Waals surface area (Å²) in [6, 6.07) is 17.8. The van der Waals surface area contributed by atoms with Gasteiger partial charge in [0, 0.05) is 27.5 Å². The van der Waals surface area contributed by atoms with Crippen molar-refractivity contribution in [2.45, 2.75) is 6.36 Å². The van der Waals surface area contributed by atoms with Crippen molar-refractivity contribution in [3.05, 3.63) is 96.3 Å². The van der Waals surface area contributed by atoms with E-state index in [0.29, 0.717) is 28.0 Å². The normalized spacial score (nSPS) is 11.4. The molecule has 0 spiro atoms. The van der Waals surface area contributed by atoms with Crippen molar-refractivity contribution >= 4 is 27.8 Å². The molecule has 3 heterocycles. The van der Waals surface area contributed by atoms with E-state index in [-0.39, 0.29) is 22.6 Å². The number of benzene rings is 4. The number of aromatic carboxylic acids is 1. The maximum absolute atomic E-state index is 14.3. The molecule has 238 valence electrons. The number of aromatic amines is 3. The quantitative estimate of drug-likeness (QED) is 0.139. The summed E-state index contributed by atoms with van der Waals surface area (Å²) >= 11 is 0. The van der Waals surface area contributed by atoms with Crippen LogP contribution < -0.4 is 9.47 Å². The lowest BCUT2D eigenvalue weighted by molar-refractivity contribution is -0.274. The molecule has 7 rings (SSSR count). The molecule has 11 nitrogen and oxygen atoms in total. The maximum atomic E-state index is 14.3. The molecule has 4 N–H and O–H groups in total. The molecule has 0 radical (unpaired) electrons. The number of hydrogen-bond acceptors (Lipinski definition) is 7. The van der Waals surface area contributed by atoms with Gasteiger partial charge in [-0.25, -0.2) is 18.6 Å². The average Bonchev–Trinajstić information content (AvgIpc) is 3.81. The molecule has 0 saturated heterocycles. The monoisotopic (exact) mass is 649 g/mol. The molecule has 0 fully saturated rings. The number of alkyl halides is 3. The fourth-order valence-corrected chi connectivity index (χ4v) is 4.79. The van der Waals surface area contributed by atoms with Crippen LogP contribution in [0, 0.1) is 11.6 Å². The summed E-state index contributed by atoms with van der Waals surface area (Å²) in [7, 11) is 1.16. The van der Waals surface area contributed by atoms with Crippen molar-refractivity contribution in [1.29, 1.82) is 0 Å². The number of carbonyl (C=O) groups is 1. The standard InChI is InChI=1S/C16H10F3N5O.C15H10F2N2O3/c17-16(18,19)25-11-4-1-9(2-5-11)14-12-7-10(15-20-8-21-24-15)3-6-13(12)22-23-14;1-22-14-10(16)4-3-8(12(14)17)13-9-6-7(15(20)21)2-5-11(9)18-19-13/h1-8H,(H,22,23)(H,20,21,24);2-6H,1H3,(H,18,19)(H,20,21). The molecule has 0 unspecified atom stereocenters. The van der Waals surface area contributed by atoms with Gasteiger partial charge in [0.15, 0.2) is 23.2 Å². The number of rotatable bonds is 6. The topological polar surface area (TPSA) is 155 Å². The number of methoxy groups -OCH3 is 1. The van der Waals surface area contributed by atoms with Gasteiger partial charge in [0.2, 0.25) is 0 Å². The molecule has 16 heteroatoms. The lowest BCUT2D eigenvalue weighted by Gasteiger charge is -2.08. The third-order valence-corrected chi connectivity index (χ3v) is 6.92. The second-order valence-corrected chi connectivity index (χ2v) is 9.81. The molecule has 0 aliphatic carbocycles. The molecule has 7 aromatic rings. The summed E-state index contributed by atoms with van der Waals surface area (Å²) < 4.78 is 73.2. The van der Waals surface area contributed by atoms with Crippen LogP contribution in [-0.4, -0.2) is 60.1 Å². The summed E-state index contributed by atoms with van der Waals surface area (Å²) in [4.78, 5) is 15.2. The highest BCUT2D eigenvalue weighted by Crippen LogP contribution is 2.35. The fraction of sp³-hybridized carbons (Fsp3) is 0.0645. The second kappa shape index (κ2) is 12.2. The minimum atomic E-state index is -4.72. The molecule has 0 amide bonds. The maximum Gasteiger partial charge on any atom is 0.573 e. The molecule has 4 aromatic carbocycles. The van der Waals surface area contributed by atoms with Gasteiger partial charge in [-0.15, -0.1) is 13.2 Å². The van der Waals surface area contributed by atoms with Crippen LogP contribution >= 0.6 is 0 Å². The number of H-pyrrole nitrogens is 3. The highest BCUT2D eigenvalue weighted by molar-refractivity contribution is 5.99. The van der Waals surface area contributed by atoms with Crippen LogP contribution in [0.25, 0.3) is 55.7 Å². The van der Waals surface area contributed by atoms with Crippen LogP contribution in [0.4, 0.5) is 22.0 Å². The number of carboxylic acid groups (broad SMARTS) is 1. The molecule has 47 heavy (non-hydrogen) atoms. The Balaban J connectivity index is 0.000000166.